The number of para-hydroxylation sites is 1. The number of carbonyl (C=O) groups excluding carboxylic acids is 1. The minimum atomic E-state index is -3.58. The first-order valence-electron chi connectivity index (χ1n) is 7.59. The van der Waals surface area contributed by atoms with Gasteiger partial charge >= 0.3 is 0 Å². The Morgan fingerprint density at radius 1 is 0.957 bits per heavy atom. The zero-order valence-corrected chi connectivity index (χ0v) is 13.3. The first kappa shape index (κ1) is 14.3. The number of hydrogen-bond acceptors (Lipinski definition) is 3. The van der Waals surface area contributed by atoms with Crippen LogP contribution in [0.2, 0.25) is 0 Å². The quantitative estimate of drug-likeness (QED) is 0.920. The number of nitrogens with one attached hydrogen (secondary N) is 1. The van der Waals surface area contributed by atoms with Crippen LogP contribution in [0, 0.1) is 0 Å². The number of amides is 1. The first-order chi connectivity index (χ1) is 11.1. The van der Waals surface area contributed by atoms with Crippen molar-refractivity contribution in [2.24, 2.45) is 0 Å². The highest BCUT2D eigenvalue weighted by molar-refractivity contribution is 7.92. The van der Waals surface area contributed by atoms with Crippen LogP contribution in [0.4, 0.5) is 11.4 Å². The van der Waals surface area contributed by atoms with Crippen LogP contribution in [0.1, 0.15) is 17.5 Å². The third-order valence-electron chi connectivity index (χ3n) is 4.40. The molecule has 1 amide bonds. The summed E-state index contributed by atoms with van der Waals surface area (Å²) < 4.78 is 27.4. The van der Waals surface area contributed by atoms with Crippen molar-refractivity contribution < 1.29 is 13.2 Å². The molecule has 0 saturated carbocycles. The van der Waals surface area contributed by atoms with Crippen molar-refractivity contribution in [1.82, 2.24) is 0 Å². The number of carbonyl (C=O) groups is 1. The van der Waals surface area contributed by atoms with Gasteiger partial charge in [0.05, 0.1) is 10.6 Å². The summed E-state index contributed by atoms with van der Waals surface area (Å²) in [5.74, 6) is -0.0263. The molecule has 0 atom stereocenters. The fourth-order valence-electron chi connectivity index (χ4n) is 3.21. The van der Waals surface area contributed by atoms with Gasteiger partial charge in [0.15, 0.2) is 0 Å². The van der Waals surface area contributed by atoms with E-state index in [0.29, 0.717) is 25.1 Å². The van der Waals surface area contributed by atoms with Crippen LogP contribution in [0.3, 0.4) is 0 Å². The lowest BCUT2D eigenvalue weighted by atomic mass is 10.0. The second kappa shape index (κ2) is 5.09. The van der Waals surface area contributed by atoms with Gasteiger partial charge in [0.2, 0.25) is 5.91 Å². The maximum Gasteiger partial charge on any atom is 0.264 e. The average Bonchev–Trinajstić information content (AvgIpc) is 2.99. The normalized spacial score (nSPS) is 16.7. The minimum absolute atomic E-state index is 0.0263. The number of hydrogen-bond donors (Lipinski definition) is 1. The predicted molar refractivity (Wildman–Crippen MR) is 88.1 cm³/mol. The summed E-state index contributed by atoms with van der Waals surface area (Å²) in [5.41, 5.74) is 3.40. The second-order valence-electron chi connectivity index (χ2n) is 5.82. The van der Waals surface area contributed by atoms with Crippen molar-refractivity contribution in [2.45, 2.75) is 24.2 Å². The molecule has 5 nitrogen and oxygen atoms in total. The predicted octanol–water partition coefficient (Wildman–Crippen LogP) is 2.32. The largest absolute Gasteiger partial charge is 0.326 e. The Labute approximate surface area is 135 Å². The Hall–Kier alpha value is -2.34. The molecule has 0 fully saturated rings. The van der Waals surface area contributed by atoms with Gasteiger partial charge in [-0.25, -0.2) is 8.42 Å². The van der Waals surface area contributed by atoms with Gasteiger partial charge in [-0.3, -0.25) is 9.10 Å². The molecular formula is C17H16N2O3S. The van der Waals surface area contributed by atoms with Crippen molar-refractivity contribution in [2.75, 3.05) is 16.2 Å². The zero-order chi connectivity index (χ0) is 16.0. The Morgan fingerprint density at radius 3 is 2.65 bits per heavy atom. The summed E-state index contributed by atoms with van der Waals surface area (Å²) in [7, 11) is -3.58. The topological polar surface area (TPSA) is 66.5 Å². The van der Waals surface area contributed by atoms with E-state index in [4.69, 9.17) is 0 Å². The summed E-state index contributed by atoms with van der Waals surface area (Å²) >= 11 is 0. The van der Waals surface area contributed by atoms with Crippen molar-refractivity contribution >= 4 is 27.3 Å². The van der Waals surface area contributed by atoms with Crippen LogP contribution in [-0.2, 0) is 27.7 Å². The van der Waals surface area contributed by atoms with E-state index in [1.54, 1.807) is 18.2 Å². The Balaban J connectivity index is 1.74. The van der Waals surface area contributed by atoms with Gasteiger partial charge in [0.25, 0.3) is 10.0 Å². The highest BCUT2D eigenvalue weighted by Crippen LogP contribution is 2.34. The summed E-state index contributed by atoms with van der Waals surface area (Å²) in [6, 6.07) is 12.5. The number of aryl methyl sites for hydroxylation is 1. The van der Waals surface area contributed by atoms with E-state index in [0.717, 1.165) is 23.2 Å². The van der Waals surface area contributed by atoms with Crippen molar-refractivity contribution in [3.63, 3.8) is 0 Å². The highest BCUT2D eigenvalue weighted by Gasteiger charge is 2.31. The van der Waals surface area contributed by atoms with Gasteiger partial charge < -0.3 is 5.32 Å². The van der Waals surface area contributed by atoms with Gasteiger partial charge in [0, 0.05) is 18.7 Å². The van der Waals surface area contributed by atoms with Crippen LogP contribution in [0.25, 0.3) is 0 Å². The zero-order valence-electron chi connectivity index (χ0n) is 12.5. The molecule has 6 heteroatoms. The molecule has 23 heavy (non-hydrogen) atoms. The van der Waals surface area contributed by atoms with E-state index in [2.05, 4.69) is 5.32 Å². The first-order valence-corrected chi connectivity index (χ1v) is 9.03. The molecule has 0 saturated heterocycles. The highest BCUT2D eigenvalue weighted by atomic mass is 32.2. The maximum absolute atomic E-state index is 13.0. The summed E-state index contributed by atoms with van der Waals surface area (Å²) in [6.45, 7) is 0.468. The van der Waals surface area contributed by atoms with Crippen molar-refractivity contribution in [1.29, 1.82) is 0 Å². The molecule has 0 unspecified atom stereocenters. The van der Waals surface area contributed by atoms with E-state index >= 15 is 0 Å². The molecule has 1 N–H and O–H groups in total. The van der Waals surface area contributed by atoms with Crippen LogP contribution >= 0.6 is 0 Å². The number of rotatable bonds is 2. The standard InChI is InChI=1S/C17H16N2O3S/c20-17-8-5-13-11-14(6-7-15(13)18-17)23(21,22)19-10-9-12-3-1-2-4-16(12)19/h1-4,6-7,11H,5,8-10H2,(H,18,20). The van der Waals surface area contributed by atoms with Crippen LogP contribution in [-0.4, -0.2) is 20.9 Å². The molecule has 118 valence electrons. The van der Waals surface area contributed by atoms with Gasteiger partial charge in [-0.15, -0.1) is 0 Å². The molecule has 0 radical (unpaired) electrons. The van der Waals surface area contributed by atoms with Crippen LogP contribution in [0.15, 0.2) is 47.4 Å². The Morgan fingerprint density at radius 2 is 1.78 bits per heavy atom. The number of nitrogens with zero attached hydrogens (tertiary/aromatic N) is 1. The number of anilines is 2. The SMILES string of the molecule is O=C1CCc2cc(S(=O)(=O)N3CCc4ccccc43)ccc2N1. The summed E-state index contributed by atoms with van der Waals surface area (Å²) in [4.78, 5) is 11.7. The fraction of sp³-hybridized carbons (Fsp3) is 0.235. The molecule has 4 rings (SSSR count). The summed E-state index contributed by atoms with van der Waals surface area (Å²) in [6.07, 6.45) is 1.70. The third-order valence-corrected chi connectivity index (χ3v) is 6.21. The Kier molecular flexibility index (Phi) is 3.16. The number of sulfonamides is 1. The van der Waals surface area contributed by atoms with Crippen LogP contribution < -0.4 is 9.62 Å². The van der Waals surface area contributed by atoms with E-state index < -0.39 is 10.0 Å². The molecule has 0 bridgehead atoms. The average molecular weight is 328 g/mol. The molecule has 0 spiro atoms. The van der Waals surface area contributed by atoms with Crippen molar-refractivity contribution in [3.05, 3.63) is 53.6 Å². The molecule has 2 aromatic carbocycles. The fourth-order valence-corrected chi connectivity index (χ4v) is 4.76. The third kappa shape index (κ3) is 2.30. The van der Waals surface area contributed by atoms with Gasteiger partial charge in [-0.05, 0) is 48.2 Å². The van der Waals surface area contributed by atoms with Crippen molar-refractivity contribution in [3.8, 4) is 0 Å². The molecule has 0 aromatic heterocycles. The lowest BCUT2D eigenvalue weighted by Crippen LogP contribution is -2.29. The van der Waals surface area contributed by atoms with Crippen LogP contribution in [0.5, 0.6) is 0 Å². The van der Waals surface area contributed by atoms with E-state index in [1.165, 1.54) is 4.31 Å². The smallest absolute Gasteiger partial charge is 0.264 e. The summed E-state index contributed by atoms with van der Waals surface area (Å²) in [5, 5.41) is 2.78. The number of benzene rings is 2. The minimum Gasteiger partial charge on any atom is -0.326 e. The van der Waals surface area contributed by atoms with Gasteiger partial charge in [-0.2, -0.15) is 0 Å². The monoisotopic (exact) mass is 328 g/mol. The second-order valence-corrected chi connectivity index (χ2v) is 7.69. The van der Waals surface area contributed by atoms with Gasteiger partial charge in [-0.1, -0.05) is 18.2 Å². The lowest BCUT2D eigenvalue weighted by Gasteiger charge is -2.22. The lowest BCUT2D eigenvalue weighted by molar-refractivity contribution is -0.116. The van der Waals surface area contributed by atoms with E-state index in [-0.39, 0.29) is 10.8 Å². The molecule has 2 aliphatic heterocycles. The molecule has 2 aliphatic rings. The molecule has 2 aromatic rings. The molecule has 2 heterocycles. The Bertz CT molecular complexity index is 906. The molecular weight excluding hydrogens is 312 g/mol. The maximum atomic E-state index is 13.0. The van der Waals surface area contributed by atoms with E-state index in [1.807, 2.05) is 24.3 Å². The van der Waals surface area contributed by atoms with Gasteiger partial charge in [0.1, 0.15) is 0 Å². The van der Waals surface area contributed by atoms with E-state index in [9.17, 15) is 13.2 Å². The molecule has 0 aliphatic carbocycles. The number of fused-ring (bicyclic) bond motifs is 2.